The van der Waals surface area contributed by atoms with E-state index in [1.807, 2.05) is 0 Å². The van der Waals surface area contributed by atoms with E-state index in [0.717, 1.165) is 5.56 Å². The van der Waals surface area contributed by atoms with Crippen molar-refractivity contribution in [1.29, 1.82) is 0 Å². The third-order valence-electron chi connectivity index (χ3n) is 2.54. The number of nitrogens with zero attached hydrogens (tertiary/aromatic N) is 3. The number of esters is 1. The standard InChI is InChI=1S/C13H12N4O4/c1-21-13(20)11-14-5-4-10(17-11)16-7-8-2-3-9(12(18)19)15-6-8/h2-6H,7H2,1H3,(H,18,19)(H,14,16,17). The molecule has 2 N–H and O–H groups in total. The minimum atomic E-state index is -1.08. The normalized spacial score (nSPS) is 9.95. The van der Waals surface area contributed by atoms with Crippen molar-refractivity contribution in [3.8, 4) is 0 Å². The van der Waals surface area contributed by atoms with Crippen molar-refractivity contribution in [2.24, 2.45) is 0 Å². The van der Waals surface area contributed by atoms with Crippen LogP contribution in [0.4, 0.5) is 5.82 Å². The molecule has 0 saturated carbocycles. The quantitative estimate of drug-likeness (QED) is 0.782. The topological polar surface area (TPSA) is 114 Å². The molecule has 2 heterocycles. The van der Waals surface area contributed by atoms with Crippen molar-refractivity contribution in [1.82, 2.24) is 15.0 Å². The highest BCUT2D eigenvalue weighted by Crippen LogP contribution is 2.07. The number of carbonyl (C=O) groups excluding carboxylic acids is 1. The molecule has 0 fully saturated rings. The molecule has 0 spiro atoms. The summed E-state index contributed by atoms with van der Waals surface area (Å²) in [5.41, 5.74) is 0.756. The summed E-state index contributed by atoms with van der Waals surface area (Å²) in [5.74, 6) is -1.28. The molecule has 0 amide bonds. The van der Waals surface area contributed by atoms with Crippen LogP contribution in [0.3, 0.4) is 0 Å². The highest BCUT2D eigenvalue weighted by atomic mass is 16.5. The Kier molecular flexibility index (Phi) is 4.39. The van der Waals surface area contributed by atoms with Gasteiger partial charge in [0, 0.05) is 18.9 Å². The van der Waals surface area contributed by atoms with E-state index in [-0.39, 0.29) is 11.5 Å². The van der Waals surface area contributed by atoms with Gasteiger partial charge >= 0.3 is 11.9 Å². The lowest BCUT2D eigenvalue weighted by molar-refractivity contribution is 0.0586. The number of methoxy groups -OCH3 is 1. The number of ether oxygens (including phenoxy) is 1. The fourth-order valence-electron chi connectivity index (χ4n) is 1.49. The second-order valence-electron chi connectivity index (χ2n) is 3.97. The minimum absolute atomic E-state index is 0.0197. The van der Waals surface area contributed by atoms with Crippen LogP contribution in [-0.4, -0.2) is 39.1 Å². The molecule has 0 unspecified atom stereocenters. The smallest absolute Gasteiger partial charge is 0.376 e. The van der Waals surface area contributed by atoms with E-state index in [4.69, 9.17) is 5.11 Å². The molecule has 21 heavy (non-hydrogen) atoms. The SMILES string of the molecule is COC(=O)c1nccc(NCc2ccc(C(=O)O)nc2)n1. The average molecular weight is 288 g/mol. The second kappa shape index (κ2) is 6.42. The summed E-state index contributed by atoms with van der Waals surface area (Å²) in [6, 6.07) is 4.66. The van der Waals surface area contributed by atoms with Crippen molar-refractivity contribution >= 4 is 17.8 Å². The van der Waals surface area contributed by atoms with Crippen molar-refractivity contribution in [3.05, 3.63) is 47.7 Å². The largest absolute Gasteiger partial charge is 0.477 e. The van der Waals surface area contributed by atoms with Crippen LogP contribution in [0.2, 0.25) is 0 Å². The van der Waals surface area contributed by atoms with Gasteiger partial charge < -0.3 is 15.2 Å². The van der Waals surface area contributed by atoms with Crippen LogP contribution >= 0.6 is 0 Å². The van der Waals surface area contributed by atoms with E-state index >= 15 is 0 Å². The molecule has 0 aliphatic carbocycles. The van der Waals surface area contributed by atoms with Gasteiger partial charge in [-0.1, -0.05) is 6.07 Å². The van der Waals surface area contributed by atoms with Gasteiger partial charge in [0.25, 0.3) is 0 Å². The number of nitrogens with one attached hydrogen (secondary N) is 1. The first-order valence-corrected chi connectivity index (χ1v) is 5.93. The van der Waals surface area contributed by atoms with Gasteiger partial charge in [-0.25, -0.2) is 24.5 Å². The number of aromatic carboxylic acids is 1. The highest BCUT2D eigenvalue weighted by molar-refractivity contribution is 5.85. The van der Waals surface area contributed by atoms with Gasteiger partial charge in [-0.05, 0) is 17.7 Å². The summed E-state index contributed by atoms with van der Waals surface area (Å²) < 4.78 is 4.53. The number of anilines is 1. The maximum absolute atomic E-state index is 11.3. The number of rotatable bonds is 5. The molecule has 8 heteroatoms. The molecule has 0 aliphatic rings. The van der Waals surface area contributed by atoms with Crippen LogP contribution in [0.25, 0.3) is 0 Å². The van der Waals surface area contributed by atoms with Gasteiger partial charge in [0.15, 0.2) is 0 Å². The zero-order chi connectivity index (χ0) is 15.2. The van der Waals surface area contributed by atoms with Crippen molar-refractivity contribution in [2.45, 2.75) is 6.54 Å². The Morgan fingerprint density at radius 1 is 1.29 bits per heavy atom. The number of carbonyl (C=O) groups is 2. The van der Waals surface area contributed by atoms with E-state index in [9.17, 15) is 9.59 Å². The Labute approximate surface area is 119 Å². The number of hydrogen-bond acceptors (Lipinski definition) is 7. The van der Waals surface area contributed by atoms with Crippen molar-refractivity contribution in [2.75, 3.05) is 12.4 Å². The summed E-state index contributed by atoms with van der Waals surface area (Å²) >= 11 is 0. The van der Waals surface area contributed by atoms with Crippen LogP contribution in [0.15, 0.2) is 30.6 Å². The van der Waals surface area contributed by atoms with Crippen molar-refractivity contribution in [3.63, 3.8) is 0 Å². The molecular formula is C13H12N4O4. The molecule has 0 radical (unpaired) electrons. The third-order valence-corrected chi connectivity index (χ3v) is 2.54. The molecular weight excluding hydrogens is 276 g/mol. The van der Waals surface area contributed by atoms with Crippen LogP contribution in [0.1, 0.15) is 26.7 Å². The molecule has 0 saturated heterocycles. The Bertz CT molecular complexity index is 657. The Morgan fingerprint density at radius 3 is 2.71 bits per heavy atom. The number of carboxylic acid groups (broad SMARTS) is 1. The van der Waals surface area contributed by atoms with Gasteiger partial charge in [-0.3, -0.25) is 0 Å². The molecule has 8 nitrogen and oxygen atoms in total. The van der Waals surface area contributed by atoms with Crippen LogP contribution < -0.4 is 5.32 Å². The van der Waals surface area contributed by atoms with E-state index in [1.165, 1.54) is 25.6 Å². The first-order valence-electron chi connectivity index (χ1n) is 5.93. The number of hydrogen-bond donors (Lipinski definition) is 2. The number of pyridine rings is 1. The molecule has 0 aliphatic heterocycles. The Morgan fingerprint density at radius 2 is 2.10 bits per heavy atom. The second-order valence-corrected chi connectivity index (χ2v) is 3.97. The summed E-state index contributed by atoms with van der Waals surface area (Å²) in [5, 5.41) is 11.7. The molecule has 2 aromatic heterocycles. The Hall–Kier alpha value is -3.03. The fourth-order valence-corrected chi connectivity index (χ4v) is 1.49. The average Bonchev–Trinajstić information content (AvgIpc) is 2.52. The zero-order valence-electron chi connectivity index (χ0n) is 11.1. The van der Waals surface area contributed by atoms with Crippen LogP contribution in [-0.2, 0) is 11.3 Å². The maximum atomic E-state index is 11.3. The Balaban J connectivity index is 2.02. The lowest BCUT2D eigenvalue weighted by atomic mass is 10.2. The summed E-state index contributed by atoms with van der Waals surface area (Å²) in [6.45, 7) is 0.379. The molecule has 0 bridgehead atoms. The van der Waals surface area contributed by atoms with Gasteiger partial charge in [-0.2, -0.15) is 0 Å². The molecule has 0 aromatic carbocycles. The van der Waals surface area contributed by atoms with Crippen LogP contribution in [0, 0.1) is 0 Å². The highest BCUT2D eigenvalue weighted by Gasteiger charge is 2.09. The monoisotopic (exact) mass is 288 g/mol. The first kappa shape index (κ1) is 14.4. The van der Waals surface area contributed by atoms with E-state index < -0.39 is 11.9 Å². The molecule has 0 atom stereocenters. The number of aromatic nitrogens is 3. The van der Waals surface area contributed by atoms with Crippen LogP contribution in [0.5, 0.6) is 0 Å². The van der Waals surface area contributed by atoms with E-state index in [1.54, 1.807) is 12.1 Å². The summed E-state index contributed by atoms with van der Waals surface area (Å²) in [7, 11) is 1.25. The zero-order valence-corrected chi connectivity index (χ0v) is 11.1. The lowest BCUT2D eigenvalue weighted by Crippen LogP contribution is -2.10. The van der Waals surface area contributed by atoms with Gasteiger partial charge in [0.1, 0.15) is 11.5 Å². The number of carboxylic acids is 1. The third kappa shape index (κ3) is 3.72. The van der Waals surface area contributed by atoms with Gasteiger partial charge in [0.2, 0.25) is 5.82 Å². The first-order chi connectivity index (χ1) is 10.1. The predicted octanol–water partition coefficient (Wildman–Crippen LogP) is 0.968. The summed E-state index contributed by atoms with van der Waals surface area (Å²) in [6.07, 6.45) is 2.90. The summed E-state index contributed by atoms with van der Waals surface area (Å²) in [4.78, 5) is 33.6. The lowest BCUT2D eigenvalue weighted by Gasteiger charge is -2.06. The molecule has 108 valence electrons. The predicted molar refractivity (Wildman–Crippen MR) is 71.9 cm³/mol. The molecule has 2 aromatic rings. The van der Waals surface area contributed by atoms with E-state index in [0.29, 0.717) is 12.4 Å². The van der Waals surface area contributed by atoms with Crippen molar-refractivity contribution < 1.29 is 19.4 Å². The van der Waals surface area contributed by atoms with E-state index in [2.05, 4.69) is 25.0 Å². The maximum Gasteiger partial charge on any atom is 0.376 e. The van der Waals surface area contributed by atoms with Gasteiger partial charge in [0.05, 0.1) is 7.11 Å². The molecule has 2 rings (SSSR count). The van der Waals surface area contributed by atoms with Gasteiger partial charge in [-0.15, -0.1) is 0 Å². The fraction of sp³-hybridized carbons (Fsp3) is 0.154. The minimum Gasteiger partial charge on any atom is -0.477 e.